The summed E-state index contributed by atoms with van der Waals surface area (Å²) in [6.45, 7) is 5.83. The minimum Gasteiger partial charge on any atom is -0.315 e. The van der Waals surface area contributed by atoms with Crippen molar-refractivity contribution >= 4 is 21.4 Å². The average Bonchev–Trinajstić information content (AvgIpc) is 2.91. The van der Waals surface area contributed by atoms with E-state index in [1.165, 1.54) is 11.3 Å². The SMILES string of the molecule is CCCN1CCC(NS(=O)(=O)c2ccsc2CNC)CC1. The predicted octanol–water partition coefficient (Wildman–Crippen LogP) is 1.62. The lowest BCUT2D eigenvalue weighted by Crippen LogP contribution is -2.44. The molecule has 120 valence electrons. The molecule has 0 atom stereocenters. The maximum Gasteiger partial charge on any atom is 0.241 e. The Hall–Kier alpha value is -0.470. The lowest BCUT2D eigenvalue weighted by Gasteiger charge is -2.31. The molecule has 2 N–H and O–H groups in total. The van der Waals surface area contributed by atoms with Crippen LogP contribution in [0.5, 0.6) is 0 Å². The van der Waals surface area contributed by atoms with Crippen molar-refractivity contribution in [2.24, 2.45) is 0 Å². The lowest BCUT2D eigenvalue weighted by molar-refractivity contribution is 0.208. The standard InChI is InChI=1S/C14H25N3O2S2/c1-3-7-17-8-4-12(5-9-17)16-21(18,19)14-6-10-20-13(14)11-15-2/h6,10,12,15-16H,3-5,7-9,11H2,1-2H3. The van der Waals surface area contributed by atoms with E-state index in [-0.39, 0.29) is 6.04 Å². The van der Waals surface area contributed by atoms with Gasteiger partial charge in [0, 0.05) is 17.5 Å². The molecule has 2 rings (SSSR count). The van der Waals surface area contributed by atoms with Crippen LogP contribution in [0, 0.1) is 0 Å². The van der Waals surface area contributed by atoms with Gasteiger partial charge in [0.15, 0.2) is 0 Å². The summed E-state index contributed by atoms with van der Waals surface area (Å²) in [4.78, 5) is 3.70. The fourth-order valence-corrected chi connectivity index (χ4v) is 5.49. The van der Waals surface area contributed by atoms with Crippen LogP contribution in [0.4, 0.5) is 0 Å². The number of sulfonamides is 1. The van der Waals surface area contributed by atoms with Crippen LogP contribution in [-0.4, -0.2) is 46.0 Å². The summed E-state index contributed by atoms with van der Waals surface area (Å²) in [5.74, 6) is 0. The van der Waals surface area contributed by atoms with Gasteiger partial charge < -0.3 is 10.2 Å². The molecule has 1 saturated heterocycles. The van der Waals surface area contributed by atoms with E-state index in [1.54, 1.807) is 6.07 Å². The largest absolute Gasteiger partial charge is 0.315 e. The Morgan fingerprint density at radius 1 is 1.38 bits per heavy atom. The third kappa shape index (κ3) is 4.50. The van der Waals surface area contributed by atoms with E-state index in [1.807, 2.05) is 12.4 Å². The first-order valence-corrected chi connectivity index (χ1v) is 9.88. The minimum atomic E-state index is -3.40. The molecule has 0 unspecified atom stereocenters. The molecule has 21 heavy (non-hydrogen) atoms. The van der Waals surface area contributed by atoms with E-state index in [0.717, 1.165) is 43.8 Å². The Bertz CT molecular complexity index is 534. The molecular formula is C14H25N3O2S2. The molecule has 0 saturated carbocycles. The smallest absolute Gasteiger partial charge is 0.241 e. The van der Waals surface area contributed by atoms with Crippen molar-refractivity contribution in [3.63, 3.8) is 0 Å². The van der Waals surface area contributed by atoms with Gasteiger partial charge in [0.1, 0.15) is 0 Å². The molecule has 7 heteroatoms. The van der Waals surface area contributed by atoms with Gasteiger partial charge >= 0.3 is 0 Å². The Morgan fingerprint density at radius 3 is 2.71 bits per heavy atom. The van der Waals surface area contributed by atoms with Crippen molar-refractivity contribution in [1.29, 1.82) is 0 Å². The normalized spacial score (nSPS) is 18.2. The van der Waals surface area contributed by atoms with Crippen molar-refractivity contribution < 1.29 is 8.42 Å². The van der Waals surface area contributed by atoms with Crippen LogP contribution in [0.25, 0.3) is 0 Å². The van der Waals surface area contributed by atoms with E-state index >= 15 is 0 Å². The highest BCUT2D eigenvalue weighted by molar-refractivity contribution is 7.89. The monoisotopic (exact) mass is 331 g/mol. The Kier molecular flexibility index (Phi) is 6.19. The number of rotatable bonds is 7. The van der Waals surface area contributed by atoms with Gasteiger partial charge in [-0.25, -0.2) is 13.1 Å². The van der Waals surface area contributed by atoms with Crippen molar-refractivity contribution in [3.8, 4) is 0 Å². The summed E-state index contributed by atoms with van der Waals surface area (Å²) < 4.78 is 27.9. The zero-order valence-corrected chi connectivity index (χ0v) is 14.4. The quantitative estimate of drug-likeness (QED) is 0.797. The lowest BCUT2D eigenvalue weighted by atomic mass is 10.1. The molecule has 1 aliphatic heterocycles. The van der Waals surface area contributed by atoms with Crippen LogP contribution < -0.4 is 10.0 Å². The highest BCUT2D eigenvalue weighted by atomic mass is 32.2. The maximum absolute atomic E-state index is 12.5. The maximum atomic E-state index is 12.5. The second-order valence-electron chi connectivity index (χ2n) is 5.48. The predicted molar refractivity (Wildman–Crippen MR) is 87.2 cm³/mol. The molecule has 1 aromatic heterocycles. The summed E-state index contributed by atoms with van der Waals surface area (Å²) in [5, 5.41) is 4.86. The van der Waals surface area contributed by atoms with Gasteiger partial charge in [0.25, 0.3) is 0 Å². The highest BCUT2D eigenvalue weighted by Gasteiger charge is 2.26. The minimum absolute atomic E-state index is 0.0606. The van der Waals surface area contributed by atoms with Crippen molar-refractivity contribution in [2.75, 3.05) is 26.7 Å². The first kappa shape index (κ1) is 16.9. The van der Waals surface area contributed by atoms with Crippen molar-refractivity contribution in [1.82, 2.24) is 14.9 Å². The molecule has 0 amide bonds. The molecule has 0 aliphatic carbocycles. The van der Waals surface area contributed by atoms with E-state index < -0.39 is 10.0 Å². The van der Waals surface area contributed by atoms with Gasteiger partial charge in [0.05, 0.1) is 4.90 Å². The zero-order valence-electron chi connectivity index (χ0n) is 12.8. The fraction of sp³-hybridized carbons (Fsp3) is 0.714. The number of nitrogens with zero attached hydrogens (tertiary/aromatic N) is 1. The number of hydrogen-bond acceptors (Lipinski definition) is 5. The second kappa shape index (κ2) is 7.69. The van der Waals surface area contributed by atoms with Gasteiger partial charge in [-0.05, 0) is 57.4 Å². The van der Waals surface area contributed by atoms with Crippen LogP contribution in [0.15, 0.2) is 16.3 Å². The number of nitrogens with one attached hydrogen (secondary N) is 2. The molecule has 1 aromatic rings. The molecule has 1 aliphatic rings. The van der Waals surface area contributed by atoms with Crippen molar-refractivity contribution in [2.45, 2.75) is 43.7 Å². The summed E-state index contributed by atoms with van der Waals surface area (Å²) in [6.07, 6.45) is 2.94. The number of thiophene rings is 1. The van der Waals surface area contributed by atoms with Crippen LogP contribution in [0.1, 0.15) is 31.1 Å². The average molecular weight is 332 g/mol. The third-order valence-electron chi connectivity index (χ3n) is 3.78. The third-order valence-corrected chi connectivity index (χ3v) is 6.44. The highest BCUT2D eigenvalue weighted by Crippen LogP contribution is 2.23. The molecule has 5 nitrogen and oxygen atoms in total. The van der Waals surface area contributed by atoms with E-state index in [4.69, 9.17) is 0 Å². The molecule has 0 aromatic carbocycles. The number of likely N-dealkylation sites (tertiary alicyclic amines) is 1. The zero-order chi connectivity index (χ0) is 15.3. The summed E-state index contributed by atoms with van der Waals surface area (Å²) >= 11 is 1.48. The molecule has 0 radical (unpaired) electrons. The number of hydrogen-bond donors (Lipinski definition) is 2. The molecule has 2 heterocycles. The van der Waals surface area contributed by atoms with Crippen LogP contribution in [0.3, 0.4) is 0 Å². The van der Waals surface area contributed by atoms with Gasteiger partial charge in [-0.2, -0.15) is 0 Å². The van der Waals surface area contributed by atoms with E-state index in [2.05, 4.69) is 21.9 Å². The second-order valence-corrected chi connectivity index (χ2v) is 8.16. The first-order chi connectivity index (χ1) is 10.1. The number of piperidine rings is 1. The Morgan fingerprint density at radius 2 is 2.10 bits per heavy atom. The van der Waals surface area contributed by atoms with Crippen LogP contribution in [-0.2, 0) is 16.6 Å². The summed E-state index contributed by atoms with van der Waals surface area (Å²) in [6, 6.07) is 1.76. The van der Waals surface area contributed by atoms with Crippen LogP contribution >= 0.6 is 11.3 Å². The topological polar surface area (TPSA) is 61.4 Å². The molecule has 1 fully saturated rings. The first-order valence-electron chi connectivity index (χ1n) is 7.52. The molecule has 0 bridgehead atoms. The fourth-order valence-electron chi connectivity index (χ4n) is 2.73. The Balaban J connectivity index is 1.97. The van der Waals surface area contributed by atoms with Gasteiger partial charge in [-0.3, -0.25) is 0 Å². The Labute approximate surface area is 131 Å². The van der Waals surface area contributed by atoms with Crippen molar-refractivity contribution in [3.05, 3.63) is 16.3 Å². The van der Waals surface area contributed by atoms with Gasteiger partial charge in [0.2, 0.25) is 10.0 Å². The van der Waals surface area contributed by atoms with E-state index in [0.29, 0.717) is 11.4 Å². The van der Waals surface area contributed by atoms with E-state index in [9.17, 15) is 8.42 Å². The van der Waals surface area contributed by atoms with Gasteiger partial charge in [-0.1, -0.05) is 6.92 Å². The molecular weight excluding hydrogens is 306 g/mol. The summed E-state index contributed by atoms with van der Waals surface area (Å²) in [5.41, 5.74) is 0. The summed E-state index contributed by atoms with van der Waals surface area (Å²) in [7, 11) is -1.57. The van der Waals surface area contributed by atoms with Gasteiger partial charge in [-0.15, -0.1) is 11.3 Å². The molecule has 0 spiro atoms. The van der Waals surface area contributed by atoms with Crippen LogP contribution in [0.2, 0.25) is 0 Å².